The maximum absolute atomic E-state index is 12.4. The highest BCUT2D eigenvalue weighted by molar-refractivity contribution is 5.83. The van der Waals surface area contributed by atoms with Gasteiger partial charge in [-0.15, -0.1) is 10.2 Å². The number of aromatic amines is 1. The maximum atomic E-state index is 12.4. The van der Waals surface area contributed by atoms with Crippen LogP contribution in [0, 0.1) is 0 Å². The van der Waals surface area contributed by atoms with Gasteiger partial charge in [0, 0.05) is 31.6 Å². The Morgan fingerprint density at radius 3 is 3.33 bits per heavy atom. The average Bonchev–Trinajstić information content (AvgIpc) is 3.20. The van der Waals surface area contributed by atoms with Crippen LogP contribution in [0.4, 0.5) is 0 Å². The number of nitrogens with one attached hydrogen (secondary N) is 3. The third-order valence-electron chi connectivity index (χ3n) is 4.12. The second-order valence-electron chi connectivity index (χ2n) is 5.41. The summed E-state index contributed by atoms with van der Waals surface area (Å²) in [7, 11) is 0. The van der Waals surface area contributed by atoms with E-state index in [1.54, 1.807) is 6.33 Å². The van der Waals surface area contributed by atoms with Crippen molar-refractivity contribution in [1.29, 1.82) is 0 Å². The molecule has 4 rings (SSSR count). The van der Waals surface area contributed by atoms with Crippen LogP contribution < -0.4 is 10.6 Å². The van der Waals surface area contributed by atoms with E-state index < -0.39 is 0 Å². The minimum absolute atomic E-state index is 0.0709. The average molecular weight is 287 g/mol. The van der Waals surface area contributed by atoms with Crippen molar-refractivity contribution in [2.24, 2.45) is 0 Å². The highest BCUT2D eigenvalue weighted by Crippen LogP contribution is 2.19. The first-order valence-corrected chi connectivity index (χ1v) is 7.27. The molecule has 0 aromatic carbocycles. The van der Waals surface area contributed by atoms with Gasteiger partial charge in [-0.1, -0.05) is 0 Å². The number of rotatable bonds is 3. The molecule has 1 atom stereocenters. The van der Waals surface area contributed by atoms with E-state index in [4.69, 9.17) is 0 Å². The molecule has 2 aliphatic heterocycles. The van der Waals surface area contributed by atoms with Crippen LogP contribution in [-0.2, 0) is 30.7 Å². The van der Waals surface area contributed by atoms with Gasteiger partial charge in [0.1, 0.15) is 11.9 Å². The van der Waals surface area contributed by atoms with Crippen molar-refractivity contribution in [3.05, 3.63) is 29.4 Å². The standard InChI is InChI=1S/C13H17N7O/c21-13(12-11-8(3-4-14-12)16-7-17-11)15-6-10-19-18-9-2-1-5-20(9)10/h7,12,14H,1-6H2,(H,15,21)(H,16,17)/t12-/m0/s1. The number of carbonyl (C=O) groups excluding carboxylic acids is 1. The summed E-state index contributed by atoms with van der Waals surface area (Å²) in [6, 6.07) is -0.388. The van der Waals surface area contributed by atoms with Crippen molar-refractivity contribution in [2.45, 2.75) is 38.4 Å². The van der Waals surface area contributed by atoms with Crippen LogP contribution in [0.25, 0.3) is 0 Å². The zero-order chi connectivity index (χ0) is 14.2. The number of aryl methyl sites for hydroxylation is 1. The molecule has 4 heterocycles. The fourth-order valence-electron chi connectivity index (χ4n) is 3.05. The van der Waals surface area contributed by atoms with Crippen LogP contribution in [-0.4, -0.2) is 37.2 Å². The van der Waals surface area contributed by atoms with E-state index in [9.17, 15) is 4.79 Å². The Morgan fingerprint density at radius 1 is 1.43 bits per heavy atom. The number of amides is 1. The number of fused-ring (bicyclic) bond motifs is 2. The molecule has 21 heavy (non-hydrogen) atoms. The summed E-state index contributed by atoms with van der Waals surface area (Å²) in [6.45, 7) is 2.12. The molecule has 2 aliphatic rings. The van der Waals surface area contributed by atoms with Gasteiger partial charge in [-0.05, 0) is 6.42 Å². The van der Waals surface area contributed by atoms with Crippen molar-refractivity contribution in [3.63, 3.8) is 0 Å². The number of imidazole rings is 1. The summed E-state index contributed by atoms with van der Waals surface area (Å²) in [5.41, 5.74) is 1.84. The topological polar surface area (TPSA) is 101 Å². The van der Waals surface area contributed by atoms with Gasteiger partial charge >= 0.3 is 0 Å². The Balaban J connectivity index is 1.45. The molecule has 8 nitrogen and oxygen atoms in total. The fourth-order valence-corrected chi connectivity index (χ4v) is 3.05. The molecule has 110 valence electrons. The quantitative estimate of drug-likeness (QED) is 0.703. The van der Waals surface area contributed by atoms with Gasteiger partial charge in [-0.2, -0.15) is 0 Å². The minimum atomic E-state index is -0.388. The number of carbonyl (C=O) groups is 1. The Hall–Kier alpha value is -2.22. The number of hydrogen-bond acceptors (Lipinski definition) is 5. The van der Waals surface area contributed by atoms with Crippen LogP contribution in [0.5, 0.6) is 0 Å². The summed E-state index contributed by atoms with van der Waals surface area (Å²) in [4.78, 5) is 19.7. The molecule has 0 radical (unpaired) electrons. The molecule has 1 amide bonds. The summed E-state index contributed by atoms with van der Waals surface area (Å²) in [5, 5.41) is 14.4. The van der Waals surface area contributed by atoms with Crippen molar-refractivity contribution in [3.8, 4) is 0 Å². The van der Waals surface area contributed by atoms with E-state index in [0.29, 0.717) is 6.54 Å². The molecule has 0 saturated heterocycles. The molecule has 0 aliphatic carbocycles. The lowest BCUT2D eigenvalue weighted by Gasteiger charge is -2.22. The molecule has 0 bridgehead atoms. The molecule has 0 saturated carbocycles. The normalized spacial score (nSPS) is 20.1. The third-order valence-corrected chi connectivity index (χ3v) is 4.12. The predicted molar refractivity (Wildman–Crippen MR) is 73.2 cm³/mol. The number of hydrogen-bond donors (Lipinski definition) is 3. The molecule has 0 unspecified atom stereocenters. The van der Waals surface area contributed by atoms with Gasteiger partial charge < -0.3 is 20.2 Å². The van der Waals surface area contributed by atoms with E-state index in [2.05, 4.69) is 35.4 Å². The zero-order valence-corrected chi connectivity index (χ0v) is 11.6. The van der Waals surface area contributed by atoms with E-state index in [1.165, 1.54) is 0 Å². The molecular weight excluding hydrogens is 270 g/mol. The second-order valence-corrected chi connectivity index (χ2v) is 5.41. The largest absolute Gasteiger partial charge is 0.348 e. The maximum Gasteiger partial charge on any atom is 0.243 e. The molecule has 8 heteroatoms. The molecule has 0 fully saturated rings. The van der Waals surface area contributed by atoms with Gasteiger partial charge in [0.2, 0.25) is 5.91 Å². The first-order chi connectivity index (χ1) is 10.3. The zero-order valence-electron chi connectivity index (χ0n) is 11.6. The van der Waals surface area contributed by atoms with Crippen molar-refractivity contribution < 1.29 is 4.79 Å². The first-order valence-electron chi connectivity index (χ1n) is 7.27. The summed E-state index contributed by atoms with van der Waals surface area (Å²) < 4.78 is 2.09. The van der Waals surface area contributed by atoms with Crippen LogP contribution in [0.15, 0.2) is 6.33 Å². The van der Waals surface area contributed by atoms with Gasteiger partial charge in [0.05, 0.1) is 18.6 Å². The minimum Gasteiger partial charge on any atom is -0.348 e. The highest BCUT2D eigenvalue weighted by Gasteiger charge is 2.28. The molecular formula is C13H17N7O. The van der Waals surface area contributed by atoms with Crippen molar-refractivity contribution >= 4 is 5.91 Å². The van der Waals surface area contributed by atoms with Crippen LogP contribution in [0.2, 0.25) is 0 Å². The van der Waals surface area contributed by atoms with Gasteiger partial charge in [-0.25, -0.2) is 4.98 Å². The summed E-state index contributed by atoms with van der Waals surface area (Å²) in [5.74, 6) is 1.77. The Bertz CT molecular complexity index is 674. The van der Waals surface area contributed by atoms with E-state index in [1.807, 2.05) is 0 Å². The van der Waals surface area contributed by atoms with Crippen LogP contribution >= 0.6 is 0 Å². The molecule has 3 N–H and O–H groups in total. The SMILES string of the molecule is O=C(NCc1nnc2n1CCC2)[C@H]1NCCc2[nH]cnc21. The van der Waals surface area contributed by atoms with E-state index >= 15 is 0 Å². The number of nitrogens with zero attached hydrogens (tertiary/aromatic N) is 4. The van der Waals surface area contributed by atoms with Crippen LogP contribution in [0.1, 0.15) is 35.5 Å². The lowest BCUT2D eigenvalue weighted by atomic mass is 10.1. The molecule has 2 aromatic heterocycles. The lowest BCUT2D eigenvalue weighted by molar-refractivity contribution is -0.123. The molecule has 0 spiro atoms. The highest BCUT2D eigenvalue weighted by atomic mass is 16.2. The van der Waals surface area contributed by atoms with Crippen molar-refractivity contribution in [2.75, 3.05) is 6.54 Å². The first kappa shape index (κ1) is 12.5. The third kappa shape index (κ3) is 2.11. The smallest absolute Gasteiger partial charge is 0.243 e. The summed E-state index contributed by atoms with van der Waals surface area (Å²) in [6.07, 6.45) is 4.59. The number of H-pyrrole nitrogens is 1. The van der Waals surface area contributed by atoms with Gasteiger partial charge in [0.15, 0.2) is 5.82 Å². The fraction of sp³-hybridized carbons (Fsp3) is 0.538. The Morgan fingerprint density at radius 2 is 2.38 bits per heavy atom. The number of aromatic nitrogens is 5. The van der Waals surface area contributed by atoms with Gasteiger partial charge in [-0.3, -0.25) is 4.79 Å². The Kier molecular flexibility index (Phi) is 2.95. The lowest BCUT2D eigenvalue weighted by Crippen LogP contribution is -2.41. The van der Waals surface area contributed by atoms with E-state index in [0.717, 1.165) is 55.4 Å². The monoisotopic (exact) mass is 287 g/mol. The second kappa shape index (κ2) is 4.96. The van der Waals surface area contributed by atoms with E-state index in [-0.39, 0.29) is 11.9 Å². The van der Waals surface area contributed by atoms with Gasteiger partial charge in [0.25, 0.3) is 0 Å². The molecule has 2 aromatic rings. The summed E-state index contributed by atoms with van der Waals surface area (Å²) >= 11 is 0. The predicted octanol–water partition coefficient (Wildman–Crippen LogP) is -0.549. The Labute approximate surface area is 121 Å². The van der Waals surface area contributed by atoms with Crippen LogP contribution in [0.3, 0.4) is 0 Å². The van der Waals surface area contributed by atoms with Crippen molar-refractivity contribution in [1.82, 2.24) is 35.4 Å².